The first kappa shape index (κ1) is 24.0. The lowest BCUT2D eigenvalue weighted by atomic mass is 10.0. The number of guanidine groups is 1. The van der Waals surface area contributed by atoms with Gasteiger partial charge in [0.05, 0.1) is 6.54 Å². The van der Waals surface area contributed by atoms with Crippen molar-refractivity contribution in [2.45, 2.75) is 59.0 Å². The molecule has 0 saturated carbocycles. The highest BCUT2D eigenvalue weighted by molar-refractivity contribution is 5.79. The van der Waals surface area contributed by atoms with Crippen molar-refractivity contribution in [3.8, 4) is 5.75 Å². The molecule has 168 valence electrons. The zero-order chi connectivity index (χ0) is 21.6. The number of hydrogen-bond donors (Lipinski definition) is 3. The van der Waals surface area contributed by atoms with Crippen LogP contribution in [-0.2, 0) is 11.3 Å². The Morgan fingerprint density at radius 1 is 1.17 bits per heavy atom. The van der Waals surface area contributed by atoms with E-state index >= 15 is 0 Å². The topological polar surface area (TPSA) is 78.0 Å². The van der Waals surface area contributed by atoms with E-state index < -0.39 is 0 Å². The second kappa shape index (κ2) is 13.9. The Morgan fingerprint density at radius 3 is 2.77 bits per heavy atom. The van der Waals surface area contributed by atoms with Crippen molar-refractivity contribution in [1.29, 1.82) is 0 Å². The van der Waals surface area contributed by atoms with Crippen molar-refractivity contribution in [3.63, 3.8) is 0 Å². The van der Waals surface area contributed by atoms with Crippen LogP contribution in [0.4, 0.5) is 0 Å². The number of hydrogen-bond acceptors (Lipinski definition) is 4. The normalized spacial score (nSPS) is 17.4. The maximum Gasteiger partial charge on any atom is 0.257 e. The van der Waals surface area contributed by atoms with Gasteiger partial charge in [0.2, 0.25) is 0 Å². The summed E-state index contributed by atoms with van der Waals surface area (Å²) in [4.78, 5) is 18.9. The molecule has 0 aliphatic carbocycles. The number of nitrogens with zero attached hydrogens (tertiary/aromatic N) is 2. The summed E-state index contributed by atoms with van der Waals surface area (Å²) in [7, 11) is 0. The molecule has 30 heavy (non-hydrogen) atoms. The molecule has 1 aliphatic heterocycles. The molecule has 0 radical (unpaired) electrons. The molecule has 1 amide bonds. The summed E-state index contributed by atoms with van der Waals surface area (Å²) in [6.45, 7) is 11.4. The lowest BCUT2D eigenvalue weighted by Crippen LogP contribution is -2.45. The molecule has 1 aromatic carbocycles. The van der Waals surface area contributed by atoms with Crippen molar-refractivity contribution < 1.29 is 9.53 Å². The molecular weight excluding hydrogens is 378 g/mol. The van der Waals surface area contributed by atoms with Crippen LogP contribution in [-0.4, -0.2) is 62.1 Å². The third-order valence-electron chi connectivity index (χ3n) is 5.32. The van der Waals surface area contributed by atoms with Crippen molar-refractivity contribution in [2.24, 2.45) is 4.99 Å². The molecule has 7 nitrogen and oxygen atoms in total. The SMILES string of the molecule is CCNC(=O)COc1cccc(CN=C(NCC)NCCN2CCCCC2CC)c1. The maximum atomic E-state index is 11.6. The van der Waals surface area contributed by atoms with Gasteiger partial charge in [-0.25, -0.2) is 4.99 Å². The first-order valence-electron chi connectivity index (χ1n) is 11.4. The third kappa shape index (κ3) is 8.61. The zero-order valence-electron chi connectivity index (χ0n) is 18.9. The van der Waals surface area contributed by atoms with Gasteiger partial charge in [0.1, 0.15) is 5.75 Å². The number of ether oxygens (including phenoxy) is 1. The number of amides is 1. The first-order chi connectivity index (χ1) is 14.7. The summed E-state index contributed by atoms with van der Waals surface area (Å²) in [5, 5.41) is 9.51. The molecule has 1 saturated heterocycles. The van der Waals surface area contributed by atoms with E-state index in [-0.39, 0.29) is 12.5 Å². The lowest BCUT2D eigenvalue weighted by molar-refractivity contribution is -0.122. The fraction of sp³-hybridized carbons (Fsp3) is 0.652. The number of carbonyl (C=O) groups excluding carboxylic acids is 1. The molecule has 1 aliphatic rings. The summed E-state index contributed by atoms with van der Waals surface area (Å²) >= 11 is 0. The van der Waals surface area contributed by atoms with Gasteiger partial charge in [-0.1, -0.05) is 25.5 Å². The second-order valence-electron chi connectivity index (χ2n) is 7.61. The van der Waals surface area contributed by atoms with Crippen LogP contribution < -0.4 is 20.7 Å². The lowest BCUT2D eigenvalue weighted by Gasteiger charge is -2.35. The molecule has 1 atom stereocenters. The van der Waals surface area contributed by atoms with Gasteiger partial charge in [0, 0.05) is 32.2 Å². The quantitative estimate of drug-likeness (QED) is 0.381. The van der Waals surface area contributed by atoms with Crippen LogP contribution in [0.25, 0.3) is 0 Å². The maximum absolute atomic E-state index is 11.6. The number of likely N-dealkylation sites (N-methyl/N-ethyl adjacent to an activating group) is 1. The number of nitrogens with one attached hydrogen (secondary N) is 3. The number of piperidine rings is 1. The van der Waals surface area contributed by atoms with Gasteiger partial charge in [-0.15, -0.1) is 0 Å². The van der Waals surface area contributed by atoms with E-state index in [1.807, 2.05) is 31.2 Å². The van der Waals surface area contributed by atoms with Crippen LogP contribution in [0.5, 0.6) is 5.75 Å². The van der Waals surface area contributed by atoms with Gasteiger partial charge in [-0.3, -0.25) is 9.69 Å². The minimum absolute atomic E-state index is 0.0278. The molecule has 0 spiro atoms. The van der Waals surface area contributed by atoms with Crippen LogP contribution in [0.15, 0.2) is 29.3 Å². The fourth-order valence-electron chi connectivity index (χ4n) is 3.78. The Morgan fingerprint density at radius 2 is 2.00 bits per heavy atom. The van der Waals surface area contributed by atoms with Gasteiger partial charge in [-0.2, -0.15) is 0 Å². The highest BCUT2D eigenvalue weighted by Crippen LogP contribution is 2.18. The van der Waals surface area contributed by atoms with Crippen LogP contribution in [0.1, 0.15) is 52.0 Å². The molecule has 0 aromatic heterocycles. The molecule has 1 heterocycles. The van der Waals surface area contributed by atoms with E-state index in [1.165, 1.54) is 32.2 Å². The Balaban J connectivity index is 1.84. The number of aliphatic imine (C=N–C) groups is 1. The van der Waals surface area contributed by atoms with Crippen molar-refractivity contribution in [1.82, 2.24) is 20.9 Å². The number of carbonyl (C=O) groups is 1. The Bertz CT molecular complexity index is 665. The van der Waals surface area contributed by atoms with Crippen LogP contribution in [0, 0.1) is 0 Å². The predicted molar refractivity (Wildman–Crippen MR) is 123 cm³/mol. The third-order valence-corrected chi connectivity index (χ3v) is 5.32. The van der Waals surface area contributed by atoms with Gasteiger partial charge < -0.3 is 20.7 Å². The summed E-state index contributed by atoms with van der Waals surface area (Å²) in [6.07, 6.45) is 5.22. The summed E-state index contributed by atoms with van der Waals surface area (Å²) < 4.78 is 5.57. The largest absolute Gasteiger partial charge is 0.484 e. The van der Waals surface area contributed by atoms with E-state index in [9.17, 15) is 4.79 Å². The minimum atomic E-state index is -0.112. The Hall–Kier alpha value is -2.28. The van der Waals surface area contributed by atoms with E-state index in [0.29, 0.717) is 18.8 Å². The Labute approximate surface area is 181 Å². The smallest absolute Gasteiger partial charge is 0.257 e. The molecule has 1 unspecified atom stereocenters. The molecule has 2 rings (SSSR count). The van der Waals surface area contributed by atoms with E-state index in [4.69, 9.17) is 9.73 Å². The molecule has 1 fully saturated rings. The van der Waals surface area contributed by atoms with E-state index in [0.717, 1.165) is 37.2 Å². The number of rotatable bonds is 11. The Kier molecular flexibility index (Phi) is 11.1. The first-order valence-corrected chi connectivity index (χ1v) is 11.4. The summed E-state index contributed by atoms with van der Waals surface area (Å²) in [6, 6.07) is 8.47. The minimum Gasteiger partial charge on any atom is -0.484 e. The van der Waals surface area contributed by atoms with Gasteiger partial charge in [0.15, 0.2) is 12.6 Å². The highest BCUT2D eigenvalue weighted by Gasteiger charge is 2.19. The summed E-state index contributed by atoms with van der Waals surface area (Å²) in [5.74, 6) is 1.40. The van der Waals surface area contributed by atoms with Crippen LogP contribution in [0.2, 0.25) is 0 Å². The average molecular weight is 418 g/mol. The standard InChI is InChI=1S/C23H39N5O2/c1-4-20-11-7-8-14-28(20)15-13-26-23(25-6-3)27-17-19-10-9-12-21(16-19)30-18-22(29)24-5-2/h9-10,12,16,20H,4-8,11,13-15,17-18H2,1-3H3,(H,24,29)(H2,25,26,27). The van der Waals surface area contributed by atoms with Gasteiger partial charge in [-0.05, 0) is 57.4 Å². The fourth-order valence-corrected chi connectivity index (χ4v) is 3.78. The highest BCUT2D eigenvalue weighted by atomic mass is 16.5. The van der Waals surface area contributed by atoms with Crippen molar-refractivity contribution >= 4 is 11.9 Å². The van der Waals surface area contributed by atoms with Crippen LogP contribution >= 0.6 is 0 Å². The van der Waals surface area contributed by atoms with Gasteiger partial charge >= 0.3 is 0 Å². The summed E-state index contributed by atoms with van der Waals surface area (Å²) in [5.41, 5.74) is 1.04. The van der Waals surface area contributed by atoms with Crippen LogP contribution in [0.3, 0.4) is 0 Å². The second-order valence-corrected chi connectivity index (χ2v) is 7.61. The molecule has 7 heteroatoms. The number of likely N-dealkylation sites (tertiary alicyclic amines) is 1. The molecule has 1 aromatic rings. The molecule has 0 bridgehead atoms. The van der Waals surface area contributed by atoms with E-state index in [2.05, 4.69) is 34.7 Å². The number of benzene rings is 1. The average Bonchev–Trinajstić information content (AvgIpc) is 2.77. The van der Waals surface area contributed by atoms with Gasteiger partial charge in [0.25, 0.3) is 5.91 Å². The predicted octanol–water partition coefficient (Wildman–Crippen LogP) is 2.52. The van der Waals surface area contributed by atoms with Crippen molar-refractivity contribution in [3.05, 3.63) is 29.8 Å². The van der Waals surface area contributed by atoms with E-state index in [1.54, 1.807) is 0 Å². The van der Waals surface area contributed by atoms with Crippen molar-refractivity contribution in [2.75, 3.05) is 39.3 Å². The molecular formula is C23H39N5O2. The monoisotopic (exact) mass is 417 g/mol. The zero-order valence-corrected chi connectivity index (χ0v) is 18.9. The molecule has 3 N–H and O–H groups in total.